The predicted octanol–water partition coefficient (Wildman–Crippen LogP) is 2.32. The number of para-hydroxylation sites is 1. The molecule has 17 heavy (non-hydrogen) atoms. The van der Waals surface area contributed by atoms with Gasteiger partial charge in [-0.3, -0.25) is 4.79 Å². The number of nitrogen functional groups attached to an aromatic ring is 1. The highest BCUT2D eigenvalue weighted by Gasteiger charge is 2.34. The van der Waals surface area contributed by atoms with Crippen LogP contribution >= 0.6 is 0 Å². The van der Waals surface area contributed by atoms with Gasteiger partial charge in [0.1, 0.15) is 0 Å². The number of nitrogens with two attached hydrogens (primary N) is 1. The number of carbonyl (C=O) groups excluding carboxylic acids is 1. The second kappa shape index (κ2) is 4.31. The molecule has 5 heteroatoms. The Morgan fingerprint density at radius 2 is 1.94 bits per heavy atom. The Kier molecular flexibility index (Phi) is 3.00. The van der Waals surface area contributed by atoms with Crippen molar-refractivity contribution in [2.75, 3.05) is 23.7 Å². The van der Waals surface area contributed by atoms with Gasteiger partial charge in [0.15, 0.2) is 6.29 Å². The van der Waals surface area contributed by atoms with Crippen LogP contribution in [-0.2, 0) is 0 Å². The molecule has 0 aromatic heterocycles. The van der Waals surface area contributed by atoms with E-state index in [0.29, 0.717) is 23.2 Å². The first-order valence-electron chi connectivity index (χ1n) is 5.50. The SMILES string of the molecule is Nc1c(C=O)cccc1N1CCC(F)(F)CC1. The van der Waals surface area contributed by atoms with Crippen molar-refractivity contribution in [3.63, 3.8) is 0 Å². The van der Waals surface area contributed by atoms with Crippen molar-refractivity contribution in [1.29, 1.82) is 0 Å². The number of hydrogen-bond donors (Lipinski definition) is 1. The maximum Gasteiger partial charge on any atom is 0.251 e. The van der Waals surface area contributed by atoms with Gasteiger partial charge in [-0.1, -0.05) is 6.07 Å². The van der Waals surface area contributed by atoms with Crippen molar-refractivity contribution in [2.24, 2.45) is 0 Å². The highest BCUT2D eigenvalue weighted by atomic mass is 19.3. The lowest BCUT2D eigenvalue weighted by molar-refractivity contribution is -0.0220. The van der Waals surface area contributed by atoms with E-state index in [-0.39, 0.29) is 25.9 Å². The van der Waals surface area contributed by atoms with E-state index in [0.717, 1.165) is 0 Å². The van der Waals surface area contributed by atoms with Gasteiger partial charge in [0.2, 0.25) is 0 Å². The molecule has 1 fully saturated rings. The second-order valence-electron chi connectivity index (χ2n) is 4.24. The Morgan fingerprint density at radius 1 is 1.29 bits per heavy atom. The number of aldehydes is 1. The quantitative estimate of drug-likeness (QED) is 0.637. The summed E-state index contributed by atoms with van der Waals surface area (Å²) in [5, 5.41) is 0. The van der Waals surface area contributed by atoms with Crippen LogP contribution < -0.4 is 10.6 Å². The molecule has 1 heterocycles. The van der Waals surface area contributed by atoms with E-state index in [2.05, 4.69) is 0 Å². The molecule has 0 amide bonds. The van der Waals surface area contributed by atoms with Crippen molar-refractivity contribution >= 4 is 17.7 Å². The molecule has 1 aromatic rings. The van der Waals surface area contributed by atoms with E-state index >= 15 is 0 Å². The third-order valence-corrected chi connectivity index (χ3v) is 3.08. The molecule has 1 aliphatic rings. The topological polar surface area (TPSA) is 46.3 Å². The minimum Gasteiger partial charge on any atom is -0.396 e. The van der Waals surface area contributed by atoms with E-state index in [9.17, 15) is 13.6 Å². The highest BCUT2D eigenvalue weighted by molar-refractivity contribution is 5.89. The summed E-state index contributed by atoms with van der Waals surface area (Å²) in [7, 11) is 0. The van der Waals surface area contributed by atoms with Gasteiger partial charge >= 0.3 is 0 Å². The molecule has 0 spiro atoms. The van der Waals surface area contributed by atoms with E-state index in [1.54, 1.807) is 23.1 Å². The van der Waals surface area contributed by atoms with Crippen LogP contribution in [0.25, 0.3) is 0 Å². The smallest absolute Gasteiger partial charge is 0.251 e. The molecule has 0 bridgehead atoms. The molecule has 2 N–H and O–H groups in total. The number of alkyl halides is 2. The summed E-state index contributed by atoms with van der Waals surface area (Å²) in [6.07, 6.45) is 0.340. The predicted molar refractivity (Wildman–Crippen MR) is 62.6 cm³/mol. The second-order valence-corrected chi connectivity index (χ2v) is 4.24. The molecule has 2 rings (SSSR count). The molecule has 1 aromatic carbocycles. The van der Waals surface area contributed by atoms with Gasteiger partial charge in [-0.05, 0) is 12.1 Å². The Labute approximate surface area is 98.2 Å². The molecule has 0 radical (unpaired) electrons. The van der Waals surface area contributed by atoms with Crippen molar-refractivity contribution < 1.29 is 13.6 Å². The molecular weight excluding hydrogens is 226 g/mol. The summed E-state index contributed by atoms with van der Waals surface area (Å²) >= 11 is 0. The van der Waals surface area contributed by atoms with Crippen LogP contribution in [0.1, 0.15) is 23.2 Å². The monoisotopic (exact) mass is 240 g/mol. The standard InChI is InChI=1S/C12H14F2N2O/c13-12(14)4-6-16(7-5-12)10-3-1-2-9(8-17)11(10)15/h1-3,8H,4-7,15H2. The molecule has 1 aliphatic heterocycles. The van der Waals surface area contributed by atoms with Gasteiger partial charge in [0.05, 0.1) is 11.4 Å². The van der Waals surface area contributed by atoms with Crippen molar-refractivity contribution in [3.05, 3.63) is 23.8 Å². The first kappa shape index (κ1) is 11.8. The summed E-state index contributed by atoms with van der Waals surface area (Å²) in [6, 6.07) is 5.08. The summed E-state index contributed by atoms with van der Waals surface area (Å²) in [6.45, 7) is 0.527. The van der Waals surface area contributed by atoms with Gasteiger partial charge in [-0.2, -0.15) is 0 Å². The van der Waals surface area contributed by atoms with Crippen LogP contribution in [0.5, 0.6) is 0 Å². The highest BCUT2D eigenvalue weighted by Crippen LogP contribution is 2.33. The molecule has 92 valence electrons. The number of benzene rings is 1. The summed E-state index contributed by atoms with van der Waals surface area (Å²) in [4.78, 5) is 12.6. The van der Waals surface area contributed by atoms with Crippen LogP contribution in [0.2, 0.25) is 0 Å². The van der Waals surface area contributed by atoms with Gasteiger partial charge < -0.3 is 10.6 Å². The molecule has 0 saturated carbocycles. The van der Waals surface area contributed by atoms with Gasteiger partial charge in [0, 0.05) is 31.5 Å². The number of anilines is 2. The zero-order chi connectivity index (χ0) is 12.5. The number of rotatable bonds is 2. The van der Waals surface area contributed by atoms with Crippen LogP contribution in [0, 0.1) is 0 Å². The molecule has 0 aliphatic carbocycles. The number of hydrogen-bond acceptors (Lipinski definition) is 3. The average Bonchev–Trinajstić information content (AvgIpc) is 2.30. The summed E-state index contributed by atoms with van der Waals surface area (Å²) in [5.74, 6) is -2.58. The van der Waals surface area contributed by atoms with Crippen LogP contribution in [0.3, 0.4) is 0 Å². The number of nitrogens with zero attached hydrogens (tertiary/aromatic N) is 1. The summed E-state index contributed by atoms with van der Waals surface area (Å²) < 4.78 is 26.1. The zero-order valence-corrected chi connectivity index (χ0v) is 9.33. The number of carbonyl (C=O) groups is 1. The first-order valence-corrected chi connectivity index (χ1v) is 5.50. The third kappa shape index (κ3) is 2.38. The van der Waals surface area contributed by atoms with Crippen molar-refractivity contribution in [3.8, 4) is 0 Å². The fraction of sp³-hybridized carbons (Fsp3) is 0.417. The maximum atomic E-state index is 13.0. The van der Waals surface area contributed by atoms with Crippen molar-refractivity contribution in [2.45, 2.75) is 18.8 Å². The minimum absolute atomic E-state index is 0.169. The van der Waals surface area contributed by atoms with Gasteiger partial charge in [-0.15, -0.1) is 0 Å². The normalized spacial score (nSPS) is 19.1. The fourth-order valence-electron chi connectivity index (χ4n) is 2.02. The number of piperidine rings is 1. The largest absolute Gasteiger partial charge is 0.396 e. The lowest BCUT2D eigenvalue weighted by atomic mass is 10.0. The van der Waals surface area contributed by atoms with Crippen LogP contribution in [0.15, 0.2) is 18.2 Å². The van der Waals surface area contributed by atoms with E-state index in [4.69, 9.17) is 5.73 Å². The molecular formula is C12H14F2N2O. The Balaban J connectivity index is 2.21. The average molecular weight is 240 g/mol. The Bertz CT molecular complexity index is 425. The van der Waals surface area contributed by atoms with Crippen molar-refractivity contribution in [1.82, 2.24) is 0 Å². The van der Waals surface area contributed by atoms with E-state index in [1.165, 1.54) is 0 Å². The van der Waals surface area contributed by atoms with Gasteiger partial charge in [-0.25, -0.2) is 8.78 Å². The molecule has 0 atom stereocenters. The minimum atomic E-state index is -2.58. The molecule has 1 saturated heterocycles. The first-order chi connectivity index (χ1) is 8.03. The van der Waals surface area contributed by atoms with Crippen LogP contribution in [0.4, 0.5) is 20.2 Å². The fourth-order valence-corrected chi connectivity index (χ4v) is 2.02. The Morgan fingerprint density at radius 3 is 2.53 bits per heavy atom. The molecule has 0 unspecified atom stereocenters. The van der Waals surface area contributed by atoms with Gasteiger partial charge in [0.25, 0.3) is 5.92 Å². The van der Waals surface area contributed by atoms with Crippen LogP contribution in [-0.4, -0.2) is 25.3 Å². The van der Waals surface area contributed by atoms with E-state index in [1.807, 2.05) is 0 Å². The lowest BCUT2D eigenvalue weighted by Crippen LogP contribution is -2.39. The zero-order valence-electron chi connectivity index (χ0n) is 9.33. The molecule has 3 nitrogen and oxygen atoms in total. The van der Waals surface area contributed by atoms with E-state index < -0.39 is 5.92 Å². The Hall–Kier alpha value is -1.65. The third-order valence-electron chi connectivity index (χ3n) is 3.08. The maximum absolute atomic E-state index is 13.0. The number of halogens is 2. The summed E-state index contributed by atoms with van der Waals surface area (Å²) in [5.41, 5.74) is 7.27. The lowest BCUT2D eigenvalue weighted by Gasteiger charge is -2.34.